The molecule has 0 bridgehead atoms. The zero-order chi connectivity index (χ0) is 18.9. The lowest BCUT2D eigenvalue weighted by atomic mass is 9.97. The third-order valence-corrected chi connectivity index (χ3v) is 3.84. The van der Waals surface area contributed by atoms with E-state index in [-0.39, 0.29) is 5.56 Å². The van der Waals surface area contributed by atoms with Crippen molar-refractivity contribution >= 4 is 17.8 Å². The lowest BCUT2D eigenvalue weighted by molar-refractivity contribution is -0.149. The fraction of sp³-hybridized carbons (Fsp3) is 0.250. The molecule has 1 N–H and O–H groups in total. The summed E-state index contributed by atoms with van der Waals surface area (Å²) < 4.78 is 10.2. The van der Waals surface area contributed by atoms with Gasteiger partial charge in [-0.05, 0) is 24.1 Å². The van der Waals surface area contributed by atoms with Crippen molar-refractivity contribution in [2.45, 2.75) is 19.3 Å². The Balaban J connectivity index is 1.91. The third kappa shape index (κ3) is 4.92. The van der Waals surface area contributed by atoms with Crippen LogP contribution >= 0.6 is 0 Å². The Morgan fingerprint density at radius 3 is 2.31 bits per heavy atom. The van der Waals surface area contributed by atoms with Crippen LogP contribution in [-0.4, -0.2) is 31.5 Å². The van der Waals surface area contributed by atoms with E-state index in [9.17, 15) is 14.4 Å². The summed E-state index contributed by atoms with van der Waals surface area (Å²) in [4.78, 5) is 36.3. The van der Waals surface area contributed by atoms with E-state index in [1.54, 1.807) is 18.2 Å². The molecule has 0 aliphatic heterocycles. The second kappa shape index (κ2) is 9.36. The van der Waals surface area contributed by atoms with Gasteiger partial charge in [0.1, 0.15) is 5.75 Å². The minimum absolute atomic E-state index is 0.227. The zero-order valence-corrected chi connectivity index (χ0v) is 14.7. The number of carbonyl (C=O) groups is 3. The van der Waals surface area contributed by atoms with E-state index in [0.717, 1.165) is 5.56 Å². The first-order chi connectivity index (χ1) is 12.6. The van der Waals surface area contributed by atoms with Crippen molar-refractivity contribution < 1.29 is 23.9 Å². The van der Waals surface area contributed by atoms with Crippen LogP contribution < -0.4 is 10.1 Å². The number of amides is 2. The lowest BCUT2D eigenvalue weighted by Crippen LogP contribution is -2.34. The number of nitrogens with one attached hydrogen (secondary N) is 1. The van der Waals surface area contributed by atoms with E-state index in [1.165, 1.54) is 13.2 Å². The lowest BCUT2D eigenvalue weighted by Gasteiger charge is -2.14. The number of para-hydroxylation sites is 1. The van der Waals surface area contributed by atoms with Crippen molar-refractivity contribution in [1.29, 1.82) is 0 Å². The van der Waals surface area contributed by atoms with Crippen LogP contribution in [0, 0.1) is 0 Å². The first-order valence-corrected chi connectivity index (χ1v) is 8.25. The maximum Gasteiger partial charge on any atom is 0.313 e. The number of methoxy groups -OCH3 is 1. The van der Waals surface area contributed by atoms with Gasteiger partial charge in [0, 0.05) is 0 Å². The van der Waals surface area contributed by atoms with Gasteiger partial charge in [-0.3, -0.25) is 19.7 Å². The van der Waals surface area contributed by atoms with Gasteiger partial charge in [-0.1, -0.05) is 49.4 Å². The van der Waals surface area contributed by atoms with E-state index in [2.05, 4.69) is 5.32 Å². The van der Waals surface area contributed by atoms with Gasteiger partial charge in [-0.2, -0.15) is 0 Å². The van der Waals surface area contributed by atoms with Gasteiger partial charge in [0.15, 0.2) is 6.61 Å². The van der Waals surface area contributed by atoms with Gasteiger partial charge in [-0.15, -0.1) is 0 Å². The molecule has 0 aliphatic carbocycles. The molecule has 0 saturated carbocycles. The fourth-order valence-corrected chi connectivity index (χ4v) is 2.52. The molecule has 0 radical (unpaired) electrons. The number of rotatable bonds is 7. The molecule has 0 aliphatic rings. The summed E-state index contributed by atoms with van der Waals surface area (Å²) in [5, 5.41) is 2.19. The second-order valence-electron chi connectivity index (χ2n) is 5.56. The summed E-state index contributed by atoms with van der Waals surface area (Å²) in [6.45, 7) is 1.34. The zero-order valence-electron chi connectivity index (χ0n) is 14.7. The molecule has 2 aromatic rings. The maximum atomic E-state index is 12.2. The number of ether oxygens (including phenoxy) is 2. The Morgan fingerprint density at radius 2 is 1.65 bits per heavy atom. The van der Waals surface area contributed by atoms with Crippen LogP contribution in [0.4, 0.5) is 0 Å². The molecule has 26 heavy (non-hydrogen) atoms. The van der Waals surface area contributed by atoms with Crippen LogP contribution in [-0.2, 0) is 14.3 Å². The van der Waals surface area contributed by atoms with E-state index in [4.69, 9.17) is 9.47 Å². The third-order valence-electron chi connectivity index (χ3n) is 3.84. The molecule has 0 spiro atoms. The molecular weight excluding hydrogens is 334 g/mol. The quantitative estimate of drug-likeness (QED) is 0.772. The Bertz CT molecular complexity index is 773. The minimum atomic E-state index is -0.697. The molecule has 6 nitrogen and oxygen atoms in total. The van der Waals surface area contributed by atoms with Crippen LogP contribution in [0.2, 0.25) is 0 Å². The van der Waals surface area contributed by atoms with Crippen LogP contribution in [0.3, 0.4) is 0 Å². The minimum Gasteiger partial charge on any atom is -0.496 e. The predicted octanol–water partition coefficient (Wildman–Crippen LogP) is 2.69. The summed E-state index contributed by atoms with van der Waals surface area (Å²) in [7, 11) is 1.43. The first kappa shape index (κ1) is 19.2. The molecule has 0 aromatic heterocycles. The van der Waals surface area contributed by atoms with E-state index < -0.39 is 30.3 Å². The Kier molecular flexibility index (Phi) is 6.91. The SMILES string of the molecule is CC[C@H](C(=O)OCC(=O)NC(=O)c1ccccc1OC)c1ccccc1. The van der Waals surface area contributed by atoms with Crippen LogP contribution in [0.5, 0.6) is 5.75 Å². The monoisotopic (exact) mass is 355 g/mol. The molecule has 2 amide bonds. The van der Waals surface area contributed by atoms with Crippen LogP contribution in [0.25, 0.3) is 0 Å². The normalized spacial score (nSPS) is 11.3. The van der Waals surface area contributed by atoms with E-state index >= 15 is 0 Å². The van der Waals surface area contributed by atoms with Crippen molar-refractivity contribution in [3.05, 3.63) is 65.7 Å². The highest BCUT2D eigenvalue weighted by atomic mass is 16.5. The highest BCUT2D eigenvalue weighted by Gasteiger charge is 2.22. The number of esters is 1. The number of hydrogen-bond donors (Lipinski definition) is 1. The molecule has 0 fully saturated rings. The summed E-state index contributed by atoms with van der Waals surface area (Å²) >= 11 is 0. The fourth-order valence-electron chi connectivity index (χ4n) is 2.52. The van der Waals surface area contributed by atoms with Gasteiger partial charge >= 0.3 is 5.97 Å². The number of benzene rings is 2. The highest BCUT2D eigenvalue weighted by molar-refractivity contribution is 6.06. The van der Waals surface area contributed by atoms with Gasteiger partial charge in [0.2, 0.25) is 0 Å². The van der Waals surface area contributed by atoms with Gasteiger partial charge < -0.3 is 9.47 Å². The highest BCUT2D eigenvalue weighted by Crippen LogP contribution is 2.20. The Hall–Kier alpha value is -3.15. The molecule has 136 valence electrons. The Morgan fingerprint density at radius 1 is 1.00 bits per heavy atom. The average Bonchev–Trinajstić information content (AvgIpc) is 2.67. The van der Waals surface area contributed by atoms with E-state index in [1.807, 2.05) is 37.3 Å². The molecule has 0 saturated heterocycles. The predicted molar refractivity (Wildman–Crippen MR) is 95.9 cm³/mol. The standard InChI is InChI=1S/C20H21NO5/c1-3-15(14-9-5-4-6-10-14)20(24)26-13-18(22)21-19(23)16-11-7-8-12-17(16)25-2/h4-12,15H,3,13H2,1-2H3,(H,21,22,23)/t15-/m0/s1. The van der Waals surface area contributed by atoms with Crippen LogP contribution in [0.1, 0.15) is 35.2 Å². The maximum absolute atomic E-state index is 12.2. The number of carbonyl (C=O) groups excluding carboxylic acids is 3. The molecule has 1 atom stereocenters. The van der Waals surface area contributed by atoms with Gasteiger partial charge in [0.25, 0.3) is 11.8 Å². The largest absolute Gasteiger partial charge is 0.496 e. The molecule has 2 rings (SSSR count). The van der Waals surface area contributed by atoms with Crippen molar-refractivity contribution in [3.8, 4) is 5.75 Å². The van der Waals surface area contributed by atoms with Crippen LogP contribution in [0.15, 0.2) is 54.6 Å². The Labute approximate surface area is 152 Å². The van der Waals surface area contributed by atoms with Crippen molar-refractivity contribution in [2.75, 3.05) is 13.7 Å². The van der Waals surface area contributed by atoms with Crippen molar-refractivity contribution in [1.82, 2.24) is 5.32 Å². The second-order valence-corrected chi connectivity index (χ2v) is 5.56. The number of imide groups is 1. The first-order valence-electron chi connectivity index (χ1n) is 8.25. The van der Waals surface area contributed by atoms with Gasteiger partial charge in [0.05, 0.1) is 18.6 Å². The summed E-state index contributed by atoms with van der Waals surface area (Å²) in [5.41, 5.74) is 1.05. The summed E-state index contributed by atoms with van der Waals surface area (Å²) in [6.07, 6.45) is 0.546. The molecule has 6 heteroatoms. The smallest absolute Gasteiger partial charge is 0.313 e. The molecule has 0 heterocycles. The molecule has 0 unspecified atom stereocenters. The van der Waals surface area contributed by atoms with Crippen molar-refractivity contribution in [3.63, 3.8) is 0 Å². The summed E-state index contributed by atoms with van der Waals surface area (Å²) in [6, 6.07) is 15.7. The topological polar surface area (TPSA) is 81.7 Å². The summed E-state index contributed by atoms with van der Waals surface area (Å²) in [5.74, 6) is -1.91. The van der Waals surface area contributed by atoms with Gasteiger partial charge in [-0.25, -0.2) is 0 Å². The average molecular weight is 355 g/mol. The van der Waals surface area contributed by atoms with Crippen molar-refractivity contribution in [2.24, 2.45) is 0 Å². The molecular formula is C20H21NO5. The van der Waals surface area contributed by atoms with E-state index in [0.29, 0.717) is 12.2 Å². The molecule has 2 aromatic carbocycles. The number of hydrogen-bond acceptors (Lipinski definition) is 5.